The van der Waals surface area contributed by atoms with Gasteiger partial charge in [0.1, 0.15) is 0 Å². The van der Waals surface area contributed by atoms with Crippen molar-refractivity contribution in [1.82, 2.24) is 0 Å². The van der Waals surface area contributed by atoms with Crippen LogP contribution in [0.5, 0.6) is 0 Å². The van der Waals surface area contributed by atoms with Crippen LogP contribution in [0.2, 0.25) is 5.02 Å². The molecular weight excluding hydrogens is 278 g/mol. The number of hydrogen-bond donors (Lipinski definition) is 1. The molecular formula is C15H22ClNO3. The summed E-state index contributed by atoms with van der Waals surface area (Å²) in [7, 11) is 3.05. The van der Waals surface area contributed by atoms with Crippen LogP contribution in [-0.4, -0.2) is 31.8 Å². The van der Waals surface area contributed by atoms with Crippen molar-refractivity contribution in [2.45, 2.75) is 38.8 Å². The second kappa shape index (κ2) is 6.95. The summed E-state index contributed by atoms with van der Waals surface area (Å²) in [5.74, 6) is -0.380. The van der Waals surface area contributed by atoms with Gasteiger partial charge in [0.05, 0.1) is 29.0 Å². The summed E-state index contributed by atoms with van der Waals surface area (Å²) in [6.45, 7) is 6.09. The van der Waals surface area contributed by atoms with Crippen LogP contribution in [0.25, 0.3) is 0 Å². The van der Waals surface area contributed by atoms with Gasteiger partial charge in [0.25, 0.3) is 0 Å². The quantitative estimate of drug-likeness (QED) is 0.813. The van der Waals surface area contributed by atoms with Gasteiger partial charge in [0.15, 0.2) is 0 Å². The standard InChI is InChI=1S/C15H22ClNO3/c1-10(9-15(2,3)20-5)17-13-8-11(14(18)19-4)6-7-12(13)16/h6-8,10,17H,9H2,1-5H3. The zero-order valence-corrected chi connectivity index (χ0v) is 13.4. The summed E-state index contributed by atoms with van der Waals surface area (Å²) >= 11 is 6.15. The predicted octanol–water partition coefficient (Wildman–Crippen LogP) is 3.74. The summed E-state index contributed by atoms with van der Waals surface area (Å²) in [6.07, 6.45) is 0.808. The minimum absolute atomic E-state index is 0.148. The van der Waals surface area contributed by atoms with E-state index in [0.29, 0.717) is 16.3 Å². The van der Waals surface area contributed by atoms with Crippen molar-refractivity contribution < 1.29 is 14.3 Å². The van der Waals surface area contributed by atoms with E-state index in [4.69, 9.17) is 21.1 Å². The first-order valence-electron chi connectivity index (χ1n) is 6.48. The van der Waals surface area contributed by atoms with Crippen molar-refractivity contribution in [3.63, 3.8) is 0 Å². The number of methoxy groups -OCH3 is 2. The Balaban J connectivity index is 2.83. The van der Waals surface area contributed by atoms with Gasteiger partial charge in [-0.25, -0.2) is 4.79 Å². The van der Waals surface area contributed by atoms with Crippen LogP contribution in [0.15, 0.2) is 18.2 Å². The Morgan fingerprint density at radius 2 is 2.05 bits per heavy atom. The highest BCUT2D eigenvalue weighted by molar-refractivity contribution is 6.33. The van der Waals surface area contributed by atoms with Gasteiger partial charge in [-0.3, -0.25) is 0 Å². The first-order chi connectivity index (χ1) is 9.29. The van der Waals surface area contributed by atoms with Crippen molar-refractivity contribution in [3.05, 3.63) is 28.8 Å². The number of esters is 1. The van der Waals surface area contributed by atoms with Crippen LogP contribution < -0.4 is 5.32 Å². The Morgan fingerprint density at radius 1 is 1.40 bits per heavy atom. The molecule has 0 amide bonds. The molecule has 0 spiro atoms. The van der Waals surface area contributed by atoms with Crippen molar-refractivity contribution in [3.8, 4) is 0 Å². The molecule has 0 aliphatic heterocycles. The average Bonchev–Trinajstić information content (AvgIpc) is 2.39. The maximum Gasteiger partial charge on any atom is 0.337 e. The zero-order chi connectivity index (χ0) is 15.3. The molecule has 112 valence electrons. The molecule has 1 atom stereocenters. The summed E-state index contributed by atoms with van der Waals surface area (Å²) in [4.78, 5) is 11.5. The van der Waals surface area contributed by atoms with Gasteiger partial charge in [-0.2, -0.15) is 0 Å². The second-order valence-electron chi connectivity index (χ2n) is 5.40. The molecule has 0 aliphatic rings. The van der Waals surface area contributed by atoms with E-state index in [2.05, 4.69) is 5.32 Å². The molecule has 0 radical (unpaired) electrons. The maximum atomic E-state index is 11.5. The summed E-state index contributed by atoms with van der Waals surface area (Å²) in [6, 6.07) is 5.17. The molecule has 4 nitrogen and oxygen atoms in total. The van der Waals surface area contributed by atoms with Gasteiger partial charge >= 0.3 is 5.97 Å². The lowest BCUT2D eigenvalue weighted by molar-refractivity contribution is 0.0128. The number of ether oxygens (including phenoxy) is 2. The van der Waals surface area contributed by atoms with Gasteiger partial charge < -0.3 is 14.8 Å². The molecule has 0 heterocycles. The molecule has 0 saturated carbocycles. The fraction of sp³-hybridized carbons (Fsp3) is 0.533. The second-order valence-corrected chi connectivity index (χ2v) is 5.81. The number of nitrogens with one attached hydrogen (secondary N) is 1. The normalized spacial score (nSPS) is 12.9. The lowest BCUT2D eigenvalue weighted by Gasteiger charge is -2.28. The van der Waals surface area contributed by atoms with E-state index in [1.54, 1.807) is 25.3 Å². The third kappa shape index (κ3) is 4.69. The largest absolute Gasteiger partial charge is 0.465 e. The van der Waals surface area contributed by atoms with Crippen LogP contribution in [0, 0.1) is 0 Å². The van der Waals surface area contributed by atoms with E-state index in [0.717, 1.165) is 6.42 Å². The molecule has 1 unspecified atom stereocenters. The average molecular weight is 300 g/mol. The van der Waals surface area contributed by atoms with Gasteiger partial charge in [0.2, 0.25) is 0 Å². The number of carbonyl (C=O) groups is 1. The maximum absolute atomic E-state index is 11.5. The Hall–Kier alpha value is -1.26. The van der Waals surface area contributed by atoms with Crippen molar-refractivity contribution in [2.24, 2.45) is 0 Å². The van der Waals surface area contributed by atoms with Gasteiger partial charge in [0, 0.05) is 13.2 Å². The lowest BCUT2D eigenvalue weighted by Crippen LogP contribution is -2.31. The summed E-state index contributed by atoms with van der Waals surface area (Å²) < 4.78 is 10.1. The van der Waals surface area contributed by atoms with Gasteiger partial charge in [-0.1, -0.05) is 11.6 Å². The predicted molar refractivity (Wildman–Crippen MR) is 81.6 cm³/mol. The van der Waals surface area contributed by atoms with Crippen LogP contribution in [0.3, 0.4) is 0 Å². The van der Waals surface area contributed by atoms with Gasteiger partial charge in [-0.05, 0) is 45.4 Å². The molecule has 1 N–H and O–H groups in total. The highest BCUT2D eigenvalue weighted by atomic mass is 35.5. The fourth-order valence-corrected chi connectivity index (χ4v) is 2.19. The van der Waals surface area contributed by atoms with Crippen molar-refractivity contribution in [2.75, 3.05) is 19.5 Å². The molecule has 0 aliphatic carbocycles. The fourth-order valence-electron chi connectivity index (χ4n) is 2.02. The van der Waals surface area contributed by atoms with E-state index in [9.17, 15) is 4.79 Å². The molecule has 20 heavy (non-hydrogen) atoms. The van der Waals surface area contributed by atoms with Crippen molar-refractivity contribution >= 4 is 23.3 Å². The Labute approximate surface area is 125 Å². The molecule has 0 fully saturated rings. The number of hydrogen-bond acceptors (Lipinski definition) is 4. The highest BCUT2D eigenvalue weighted by Crippen LogP contribution is 2.26. The van der Waals surface area contributed by atoms with Gasteiger partial charge in [-0.15, -0.1) is 0 Å². The molecule has 1 rings (SSSR count). The van der Waals surface area contributed by atoms with Crippen LogP contribution >= 0.6 is 11.6 Å². The molecule has 5 heteroatoms. The SMILES string of the molecule is COC(=O)c1ccc(Cl)c(NC(C)CC(C)(C)OC)c1. The van der Waals surface area contributed by atoms with E-state index in [-0.39, 0.29) is 17.6 Å². The van der Waals surface area contributed by atoms with Crippen LogP contribution in [0.1, 0.15) is 37.6 Å². The number of halogens is 1. The molecule has 0 bridgehead atoms. The molecule has 0 saturated heterocycles. The monoisotopic (exact) mass is 299 g/mol. The first-order valence-corrected chi connectivity index (χ1v) is 6.86. The lowest BCUT2D eigenvalue weighted by atomic mass is 9.99. The molecule has 0 aromatic heterocycles. The van der Waals surface area contributed by atoms with Crippen molar-refractivity contribution in [1.29, 1.82) is 0 Å². The zero-order valence-electron chi connectivity index (χ0n) is 12.6. The Kier molecular flexibility index (Phi) is 5.84. The van der Waals surface area contributed by atoms with E-state index >= 15 is 0 Å². The minimum Gasteiger partial charge on any atom is -0.465 e. The Morgan fingerprint density at radius 3 is 2.60 bits per heavy atom. The van der Waals surface area contributed by atoms with E-state index < -0.39 is 0 Å². The van der Waals surface area contributed by atoms with E-state index in [1.165, 1.54) is 7.11 Å². The Bertz CT molecular complexity index is 474. The van der Waals surface area contributed by atoms with Crippen LogP contribution in [0.4, 0.5) is 5.69 Å². The summed E-state index contributed by atoms with van der Waals surface area (Å²) in [5, 5.41) is 3.87. The van der Waals surface area contributed by atoms with Crippen LogP contribution in [-0.2, 0) is 9.47 Å². The number of benzene rings is 1. The molecule has 1 aromatic rings. The highest BCUT2D eigenvalue weighted by Gasteiger charge is 2.20. The number of carbonyl (C=O) groups excluding carboxylic acids is 1. The third-order valence-corrected chi connectivity index (χ3v) is 3.47. The minimum atomic E-state index is -0.380. The number of anilines is 1. The third-order valence-electron chi connectivity index (χ3n) is 3.14. The first kappa shape index (κ1) is 16.8. The van der Waals surface area contributed by atoms with E-state index in [1.807, 2.05) is 20.8 Å². The number of rotatable bonds is 6. The topological polar surface area (TPSA) is 47.6 Å². The smallest absolute Gasteiger partial charge is 0.337 e. The summed E-state index contributed by atoms with van der Waals surface area (Å²) in [5.41, 5.74) is 0.963. The molecule has 1 aromatic carbocycles.